The fourth-order valence-corrected chi connectivity index (χ4v) is 4.82. The van der Waals surface area contributed by atoms with Crippen LogP contribution in [0.1, 0.15) is 38.2 Å². The van der Waals surface area contributed by atoms with Crippen LogP contribution in [0.25, 0.3) is 0 Å². The maximum absolute atomic E-state index is 13.0. The smallest absolute Gasteiger partial charge is 0.326 e. The fourth-order valence-electron chi connectivity index (χ4n) is 4.65. The molecule has 1 aromatic carbocycles. The van der Waals surface area contributed by atoms with Crippen molar-refractivity contribution in [1.82, 2.24) is 15.1 Å². The molecule has 6 nitrogen and oxygen atoms in total. The Kier molecular flexibility index (Phi) is 5.27. The number of anilines is 1. The van der Waals surface area contributed by atoms with Crippen molar-refractivity contribution in [3.05, 3.63) is 28.8 Å². The molecule has 4 rings (SSSR count). The number of urea groups is 1. The van der Waals surface area contributed by atoms with E-state index in [0.717, 1.165) is 62.6 Å². The van der Waals surface area contributed by atoms with Crippen LogP contribution in [0.15, 0.2) is 18.2 Å². The van der Waals surface area contributed by atoms with Crippen LogP contribution in [-0.2, 0) is 4.79 Å². The van der Waals surface area contributed by atoms with Gasteiger partial charge in [0.15, 0.2) is 0 Å². The zero-order valence-electron chi connectivity index (χ0n) is 16.7. The molecule has 0 bridgehead atoms. The van der Waals surface area contributed by atoms with Crippen LogP contribution in [0.3, 0.4) is 0 Å². The van der Waals surface area contributed by atoms with Crippen molar-refractivity contribution in [1.29, 1.82) is 0 Å². The molecule has 28 heavy (non-hydrogen) atoms. The first-order valence-electron chi connectivity index (χ1n) is 10.3. The average Bonchev–Trinajstić information content (AvgIpc) is 2.91. The minimum atomic E-state index is -0.649. The number of carbonyl (C=O) groups is 2. The number of hydrogen-bond donors (Lipinski definition) is 1. The number of imide groups is 1. The molecule has 0 atom stereocenters. The molecular weight excluding hydrogens is 376 g/mol. The van der Waals surface area contributed by atoms with Gasteiger partial charge in [-0.25, -0.2) is 9.69 Å². The Morgan fingerprint density at radius 2 is 1.82 bits per heavy atom. The van der Waals surface area contributed by atoms with Crippen LogP contribution in [0.2, 0.25) is 5.02 Å². The van der Waals surface area contributed by atoms with E-state index in [2.05, 4.69) is 29.0 Å². The molecule has 2 heterocycles. The number of carbonyl (C=O) groups excluding carboxylic acids is 2. The second-order valence-electron chi connectivity index (χ2n) is 8.61. The third-order valence-corrected chi connectivity index (χ3v) is 6.83. The summed E-state index contributed by atoms with van der Waals surface area (Å²) in [5.74, 6) is 0.602. The minimum Gasteiger partial charge on any atom is -0.369 e. The molecule has 7 heteroatoms. The van der Waals surface area contributed by atoms with E-state index in [1.54, 1.807) is 0 Å². The number of aryl methyl sites for hydroxylation is 1. The van der Waals surface area contributed by atoms with Crippen LogP contribution in [0.5, 0.6) is 0 Å². The summed E-state index contributed by atoms with van der Waals surface area (Å²) in [6.45, 7) is 8.02. The molecule has 2 aliphatic heterocycles. The molecule has 1 saturated carbocycles. The Balaban J connectivity index is 1.36. The topological polar surface area (TPSA) is 55.9 Å². The zero-order chi connectivity index (χ0) is 19.9. The molecule has 0 unspecified atom stereocenters. The Labute approximate surface area is 171 Å². The Morgan fingerprint density at radius 1 is 1.14 bits per heavy atom. The first-order chi connectivity index (χ1) is 13.4. The maximum atomic E-state index is 13.0. The zero-order valence-corrected chi connectivity index (χ0v) is 17.5. The van der Waals surface area contributed by atoms with E-state index in [1.165, 1.54) is 10.5 Å². The summed E-state index contributed by atoms with van der Waals surface area (Å²) in [4.78, 5) is 31.5. The molecule has 2 saturated heterocycles. The number of amides is 3. The first-order valence-corrected chi connectivity index (χ1v) is 10.6. The van der Waals surface area contributed by atoms with Crippen molar-refractivity contribution in [2.75, 3.05) is 37.7 Å². The van der Waals surface area contributed by atoms with Crippen LogP contribution in [0.4, 0.5) is 10.5 Å². The van der Waals surface area contributed by atoms with Gasteiger partial charge in [-0.3, -0.25) is 9.69 Å². The second kappa shape index (κ2) is 7.56. The van der Waals surface area contributed by atoms with Gasteiger partial charge in [0, 0.05) is 36.9 Å². The largest absolute Gasteiger partial charge is 0.369 e. The van der Waals surface area contributed by atoms with Crippen molar-refractivity contribution >= 4 is 29.2 Å². The molecule has 1 aliphatic carbocycles. The predicted molar refractivity (Wildman–Crippen MR) is 111 cm³/mol. The van der Waals surface area contributed by atoms with Crippen molar-refractivity contribution < 1.29 is 9.59 Å². The standard InChI is InChI=1S/C21H29ClN4O2/c1-15-5-7-21(8-6-15)19(27)26(20(28)23-21)14-24-9-11-25(12-10-24)18-13-17(22)4-3-16(18)2/h3-4,13,15H,5-12,14H2,1-2H3,(H,23,28). The molecule has 152 valence electrons. The molecule has 0 aromatic heterocycles. The molecule has 3 amide bonds. The number of halogens is 1. The van der Waals surface area contributed by atoms with Gasteiger partial charge >= 0.3 is 6.03 Å². The predicted octanol–water partition coefficient (Wildman–Crippen LogP) is 3.23. The van der Waals surface area contributed by atoms with Gasteiger partial charge in [0.2, 0.25) is 0 Å². The number of benzene rings is 1. The van der Waals surface area contributed by atoms with Crippen LogP contribution in [0, 0.1) is 12.8 Å². The lowest BCUT2D eigenvalue weighted by atomic mass is 9.77. The lowest BCUT2D eigenvalue weighted by Gasteiger charge is -2.38. The van der Waals surface area contributed by atoms with E-state index < -0.39 is 5.54 Å². The molecule has 1 spiro atoms. The first kappa shape index (κ1) is 19.5. The third kappa shape index (κ3) is 3.60. The maximum Gasteiger partial charge on any atom is 0.326 e. The molecular formula is C21H29ClN4O2. The highest BCUT2D eigenvalue weighted by Gasteiger charge is 2.52. The number of nitrogens with zero attached hydrogens (tertiary/aromatic N) is 3. The summed E-state index contributed by atoms with van der Waals surface area (Å²) < 4.78 is 0. The monoisotopic (exact) mass is 404 g/mol. The van der Waals surface area contributed by atoms with E-state index in [-0.39, 0.29) is 11.9 Å². The summed E-state index contributed by atoms with van der Waals surface area (Å²) in [7, 11) is 0. The van der Waals surface area contributed by atoms with Crippen LogP contribution in [-0.4, -0.2) is 60.1 Å². The second-order valence-corrected chi connectivity index (χ2v) is 9.04. The Morgan fingerprint density at radius 3 is 2.50 bits per heavy atom. The van der Waals surface area contributed by atoms with Gasteiger partial charge in [0.25, 0.3) is 5.91 Å². The minimum absolute atomic E-state index is 0.0301. The van der Waals surface area contributed by atoms with Crippen molar-refractivity contribution in [3.8, 4) is 0 Å². The molecule has 1 aromatic rings. The van der Waals surface area contributed by atoms with E-state index in [4.69, 9.17) is 11.6 Å². The third-order valence-electron chi connectivity index (χ3n) is 6.60. The Hall–Kier alpha value is -1.79. The van der Waals surface area contributed by atoms with E-state index >= 15 is 0 Å². The molecule has 0 radical (unpaired) electrons. The van der Waals surface area contributed by atoms with Crippen molar-refractivity contribution in [2.45, 2.75) is 45.1 Å². The summed E-state index contributed by atoms with van der Waals surface area (Å²) >= 11 is 6.16. The molecule has 1 N–H and O–H groups in total. The highest BCUT2D eigenvalue weighted by molar-refractivity contribution is 6.30. The van der Waals surface area contributed by atoms with Gasteiger partial charge in [-0.1, -0.05) is 24.6 Å². The average molecular weight is 405 g/mol. The van der Waals surface area contributed by atoms with Gasteiger partial charge in [-0.05, 0) is 56.2 Å². The Bertz CT molecular complexity index is 768. The summed E-state index contributed by atoms with van der Waals surface area (Å²) in [5, 5.41) is 3.76. The quantitative estimate of drug-likeness (QED) is 0.786. The number of rotatable bonds is 3. The van der Waals surface area contributed by atoms with E-state index in [9.17, 15) is 9.59 Å². The molecule has 3 aliphatic rings. The highest BCUT2D eigenvalue weighted by atomic mass is 35.5. The summed E-state index contributed by atoms with van der Waals surface area (Å²) in [5.41, 5.74) is 1.72. The fraction of sp³-hybridized carbons (Fsp3) is 0.619. The van der Waals surface area contributed by atoms with Crippen LogP contribution >= 0.6 is 11.6 Å². The van der Waals surface area contributed by atoms with E-state index in [0.29, 0.717) is 12.6 Å². The van der Waals surface area contributed by atoms with Gasteiger partial charge in [-0.2, -0.15) is 0 Å². The molecule has 3 fully saturated rings. The summed E-state index contributed by atoms with van der Waals surface area (Å²) in [6.07, 6.45) is 3.52. The van der Waals surface area contributed by atoms with Gasteiger partial charge in [0.05, 0.1) is 6.67 Å². The number of hydrogen-bond acceptors (Lipinski definition) is 4. The lowest BCUT2D eigenvalue weighted by Crippen LogP contribution is -2.52. The van der Waals surface area contributed by atoms with Crippen molar-refractivity contribution in [2.24, 2.45) is 5.92 Å². The van der Waals surface area contributed by atoms with Gasteiger partial charge < -0.3 is 10.2 Å². The lowest BCUT2D eigenvalue weighted by molar-refractivity contribution is -0.134. The van der Waals surface area contributed by atoms with Crippen LogP contribution < -0.4 is 10.2 Å². The van der Waals surface area contributed by atoms with E-state index in [1.807, 2.05) is 18.2 Å². The highest BCUT2D eigenvalue weighted by Crippen LogP contribution is 2.36. The van der Waals surface area contributed by atoms with Gasteiger partial charge in [0.1, 0.15) is 5.54 Å². The van der Waals surface area contributed by atoms with Crippen molar-refractivity contribution in [3.63, 3.8) is 0 Å². The number of nitrogens with one attached hydrogen (secondary N) is 1. The van der Waals surface area contributed by atoms with Gasteiger partial charge in [-0.15, -0.1) is 0 Å². The number of piperazine rings is 1. The normalized spacial score (nSPS) is 28.9. The summed E-state index contributed by atoms with van der Waals surface area (Å²) in [6, 6.07) is 5.74. The SMILES string of the molecule is Cc1ccc(Cl)cc1N1CCN(CN2C(=O)NC3(CCC(C)CC3)C2=O)CC1.